The van der Waals surface area contributed by atoms with E-state index in [1.54, 1.807) is 12.1 Å². The van der Waals surface area contributed by atoms with Gasteiger partial charge in [0.2, 0.25) is 0 Å². The molecular weight excluding hydrogens is 238 g/mol. The van der Waals surface area contributed by atoms with Crippen LogP contribution < -0.4 is 0 Å². The van der Waals surface area contributed by atoms with Gasteiger partial charge in [0.1, 0.15) is 0 Å². The lowest BCUT2D eigenvalue weighted by molar-refractivity contribution is -0.383. The zero-order chi connectivity index (χ0) is 13.8. The van der Waals surface area contributed by atoms with E-state index in [0.29, 0.717) is 17.4 Å². The highest BCUT2D eigenvalue weighted by atomic mass is 16.6. The molecule has 3 heteroatoms. The van der Waals surface area contributed by atoms with Crippen LogP contribution >= 0.6 is 0 Å². The van der Waals surface area contributed by atoms with Crippen molar-refractivity contribution in [2.24, 2.45) is 0 Å². The number of nitro groups is 1. The quantitative estimate of drug-likeness (QED) is 0.455. The summed E-state index contributed by atoms with van der Waals surface area (Å²) < 4.78 is 0. The second-order valence-electron chi connectivity index (χ2n) is 4.37. The van der Waals surface area contributed by atoms with E-state index >= 15 is 0 Å². The number of nitrogens with zero attached hydrogens (tertiary/aromatic N) is 1. The fourth-order valence-electron chi connectivity index (χ4n) is 2.24. The predicted octanol–water partition coefficient (Wildman–Crippen LogP) is 4.21. The van der Waals surface area contributed by atoms with Crippen molar-refractivity contribution in [3.8, 4) is 0 Å². The Morgan fingerprint density at radius 2 is 1.84 bits per heavy atom. The summed E-state index contributed by atoms with van der Waals surface area (Å²) in [5.74, 6) is 0. The molecule has 0 fully saturated rings. The van der Waals surface area contributed by atoms with Crippen molar-refractivity contribution in [1.82, 2.24) is 0 Å². The van der Waals surface area contributed by atoms with Gasteiger partial charge in [0.15, 0.2) is 0 Å². The molecule has 0 aliphatic heterocycles. The Labute approximate surface area is 112 Å². The zero-order valence-electron chi connectivity index (χ0n) is 10.6. The Morgan fingerprint density at radius 3 is 2.47 bits per heavy atom. The van der Waals surface area contributed by atoms with Gasteiger partial charge < -0.3 is 0 Å². The number of hydrogen-bond acceptors (Lipinski definition) is 2. The molecule has 3 nitrogen and oxygen atoms in total. The highest BCUT2D eigenvalue weighted by Gasteiger charge is 2.17. The van der Waals surface area contributed by atoms with E-state index in [2.05, 4.69) is 13.2 Å². The van der Waals surface area contributed by atoms with Crippen LogP contribution in [0.2, 0.25) is 0 Å². The minimum atomic E-state index is -0.311. The minimum absolute atomic E-state index is 0.183. The van der Waals surface area contributed by atoms with Crippen LogP contribution in [0.25, 0.3) is 10.8 Å². The summed E-state index contributed by atoms with van der Waals surface area (Å²) in [5, 5.41) is 12.8. The molecule has 0 saturated carbocycles. The number of allylic oxidation sites excluding steroid dienone is 2. The predicted molar refractivity (Wildman–Crippen MR) is 78.4 cm³/mol. The van der Waals surface area contributed by atoms with Crippen LogP contribution in [0.15, 0.2) is 55.6 Å². The number of fused-ring (bicyclic) bond motifs is 1. The average molecular weight is 253 g/mol. The molecule has 19 heavy (non-hydrogen) atoms. The fourth-order valence-corrected chi connectivity index (χ4v) is 2.24. The molecule has 0 unspecified atom stereocenters. The second-order valence-corrected chi connectivity index (χ2v) is 4.37. The smallest absolute Gasteiger partial charge is 0.258 e. The topological polar surface area (TPSA) is 43.1 Å². The van der Waals surface area contributed by atoms with Gasteiger partial charge in [0.05, 0.1) is 10.3 Å². The van der Waals surface area contributed by atoms with E-state index < -0.39 is 0 Å². The fraction of sp³-hybridized carbons (Fsp3) is 0.125. The van der Waals surface area contributed by atoms with Crippen LogP contribution in [-0.4, -0.2) is 4.92 Å². The van der Waals surface area contributed by atoms with E-state index in [0.717, 1.165) is 17.4 Å². The molecule has 2 aromatic rings. The van der Waals surface area contributed by atoms with Gasteiger partial charge in [-0.15, -0.1) is 13.2 Å². The summed E-state index contributed by atoms with van der Waals surface area (Å²) in [5.41, 5.74) is 1.99. The van der Waals surface area contributed by atoms with Gasteiger partial charge in [-0.25, -0.2) is 0 Å². The van der Waals surface area contributed by atoms with Gasteiger partial charge in [0, 0.05) is 5.56 Å². The van der Waals surface area contributed by atoms with Crippen LogP contribution in [0.5, 0.6) is 0 Å². The Balaban J connectivity index is 2.68. The van der Waals surface area contributed by atoms with Gasteiger partial charge in [0.25, 0.3) is 5.69 Å². The molecule has 0 N–H and O–H groups in total. The third-order valence-electron chi connectivity index (χ3n) is 3.07. The molecule has 2 rings (SSSR count). The van der Waals surface area contributed by atoms with Crippen LogP contribution in [0.1, 0.15) is 11.1 Å². The molecule has 0 amide bonds. The standard InChI is InChI=1S/C16H15NO2/c1-3-5-12-7-10-15-14(11-12)9-8-13(6-4-2)16(15)17(18)19/h3-4,7-11H,1-2,5-6H2. The molecule has 0 radical (unpaired) electrons. The van der Waals surface area contributed by atoms with Crippen molar-refractivity contribution in [3.05, 3.63) is 76.9 Å². The van der Waals surface area contributed by atoms with E-state index in [4.69, 9.17) is 0 Å². The Bertz CT molecular complexity index is 659. The molecule has 0 spiro atoms. The van der Waals surface area contributed by atoms with Gasteiger partial charge in [-0.1, -0.05) is 36.4 Å². The van der Waals surface area contributed by atoms with Crippen LogP contribution in [-0.2, 0) is 12.8 Å². The van der Waals surface area contributed by atoms with Crippen LogP contribution in [0.3, 0.4) is 0 Å². The van der Waals surface area contributed by atoms with E-state index in [-0.39, 0.29) is 10.6 Å². The molecule has 0 atom stereocenters. The Kier molecular flexibility index (Phi) is 3.76. The second kappa shape index (κ2) is 5.48. The van der Waals surface area contributed by atoms with Crippen LogP contribution in [0.4, 0.5) is 5.69 Å². The zero-order valence-corrected chi connectivity index (χ0v) is 10.6. The van der Waals surface area contributed by atoms with E-state index in [1.807, 2.05) is 30.3 Å². The minimum Gasteiger partial charge on any atom is -0.258 e. The van der Waals surface area contributed by atoms with Crippen molar-refractivity contribution in [1.29, 1.82) is 0 Å². The third-order valence-corrected chi connectivity index (χ3v) is 3.07. The summed E-state index contributed by atoms with van der Waals surface area (Å²) in [6, 6.07) is 9.43. The lowest BCUT2D eigenvalue weighted by atomic mass is 9.99. The summed E-state index contributed by atoms with van der Waals surface area (Å²) in [6.45, 7) is 7.34. The first-order valence-electron chi connectivity index (χ1n) is 6.08. The molecule has 0 heterocycles. The largest absolute Gasteiger partial charge is 0.280 e. The first kappa shape index (κ1) is 13.0. The third kappa shape index (κ3) is 2.55. The first-order chi connectivity index (χ1) is 9.17. The lowest BCUT2D eigenvalue weighted by Crippen LogP contribution is -1.96. The molecule has 2 aromatic carbocycles. The maximum absolute atomic E-state index is 11.3. The van der Waals surface area contributed by atoms with E-state index in [1.165, 1.54) is 0 Å². The number of rotatable bonds is 5. The molecule has 0 aliphatic rings. The van der Waals surface area contributed by atoms with Crippen molar-refractivity contribution in [3.63, 3.8) is 0 Å². The van der Waals surface area contributed by atoms with Crippen molar-refractivity contribution in [2.45, 2.75) is 12.8 Å². The van der Waals surface area contributed by atoms with Gasteiger partial charge in [-0.3, -0.25) is 10.1 Å². The first-order valence-corrected chi connectivity index (χ1v) is 6.08. The molecule has 96 valence electrons. The maximum atomic E-state index is 11.3. The van der Waals surface area contributed by atoms with Gasteiger partial charge in [-0.05, 0) is 29.9 Å². The molecule has 0 bridgehead atoms. The maximum Gasteiger partial charge on any atom is 0.280 e. The molecule has 0 aliphatic carbocycles. The monoisotopic (exact) mass is 253 g/mol. The number of benzene rings is 2. The van der Waals surface area contributed by atoms with Gasteiger partial charge >= 0.3 is 0 Å². The highest BCUT2D eigenvalue weighted by molar-refractivity contribution is 5.92. The van der Waals surface area contributed by atoms with Crippen LogP contribution in [0, 0.1) is 10.1 Å². The average Bonchev–Trinajstić information content (AvgIpc) is 2.39. The van der Waals surface area contributed by atoms with Crippen molar-refractivity contribution < 1.29 is 4.92 Å². The Morgan fingerprint density at radius 1 is 1.11 bits per heavy atom. The summed E-state index contributed by atoms with van der Waals surface area (Å²) in [7, 11) is 0. The lowest BCUT2D eigenvalue weighted by Gasteiger charge is -2.06. The Hall–Kier alpha value is -2.42. The van der Waals surface area contributed by atoms with Crippen molar-refractivity contribution >= 4 is 16.5 Å². The van der Waals surface area contributed by atoms with Crippen molar-refractivity contribution in [2.75, 3.05) is 0 Å². The molecule has 0 saturated heterocycles. The summed E-state index contributed by atoms with van der Waals surface area (Å²) >= 11 is 0. The van der Waals surface area contributed by atoms with Gasteiger partial charge in [-0.2, -0.15) is 0 Å². The normalized spacial score (nSPS) is 10.3. The number of nitro benzene ring substituents is 1. The summed E-state index contributed by atoms with van der Waals surface area (Å²) in [6.07, 6.45) is 4.76. The highest BCUT2D eigenvalue weighted by Crippen LogP contribution is 2.31. The SMILES string of the molecule is C=CCc1ccc2c([N+](=O)[O-])c(CC=C)ccc2c1. The summed E-state index contributed by atoms with van der Waals surface area (Å²) in [4.78, 5) is 11.0. The molecule has 0 aromatic heterocycles. The van der Waals surface area contributed by atoms with E-state index in [9.17, 15) is 10.1 Å². The number of hydrogen-bond donors (Lipinski definition) is 0. The molecular formula is C16H15NO2.